The van der Waals surface area contributed by atoms with Crippen LogP contribution in [0.4, 0.5) is 0 Å². The average Bonchev–Trinajstić information content (AvgIpc) is 2.91. The Balaban J connectivity index is 2.41. The van der Waals surface area contributed by atoms with Crippen LogP contribution in [0.3, 0.4) is 0 Å². The molecular weight excluding hydrogens is 318 g/mol. The number of aryl methyl sites for hydroxylation is 3. The summed E-state index contributed by atoms with van der Waals surface area (Å²) in [6, 6.07) is 7.41. The summed E-state index contributed by atoms with van der Waals surface area (Å²) in [5, 5.41) is 14.1. The Hall–Kier alpha value is -2.89. The Bertz CT molecular complexity index is 960. The Labute approximate surface area is 146 Å². The van der Waals surface area contributed by atoms with Crippen molar-refractivity contribution in [2.45, 2.75) is 33.6 Å². The number of hydrogen-bond donors (Lipinski definition) is 1. The molecule has 1 aromatic carbocycles. The zero-order valence-corrected chi connectivity index (χ0v) is 14.8. The number of carboxylic acids is 1. The lowest BCUT2D eigenvalue weighted by atomic mass is 9.99. The number of carbonyl (C=O) groups is 1. The fourth-order valence-corrected chi connectivity index (χ4v) is 3.15. The molecule has 130 valence electrons. The van der Waals surface area contributed by atoms with Crippen LogP contribution < -0.4 is 4.74 Å². The first-order valence-electron chi connectivity index (χ1n) is 8.24. The van der Waals surface area contributed by atoms with Crippen molar-refractivity contribution < 1.29 is 14.6 Å². The van der Waals surface area contributed by atoms with Gasteiger partial charge in [-0.2, -0.15) is 5.10 Å². The number of rotatable bonds is 5. The van der Waals surface area contributed by atoms with Gasteiger partial charge < -0.3 is 9.84 Å². The van der Waals surface area contributed by atoms with Crippen molar-refractivity contribution in [3.63, 3.8) is 0 Å². The second-order valence-electron chi connectivity index (χ2n) is 6.04. The standard InChI is InChI=1S/C19H21N3O3/c1-5-7-13-10-14(19(23)24)20-18-17(12(3)21-22(13)18)16-11(2)8-6-9-15(16)25-4/h6,8-10H,5,7H2,1-4H3,(H,23,24). The van der Waals surface area contributed by atoms with Gasteiger partial charge in [0.1, 0.15) is 5.75 Å². The van der Waals surface area contributed by atoms with Crippen LogP contribution in [0.25, 0.3) is 16.8 Å². The molecule has 0 fully saturated rings. The third kappa shape index (κ3) is 2.84. The van der Waals surface area contributed by atoms with E-state index >= 15 is 0 Å². The summed E-state index contributed by atoms with van der Waals surface area (Å²) in [6.45, 7) is 5.95. The number of ether oxygens (including phenoxy) is 1. The molecule has 0 unspecified atom stereocenters. The quantitative estimate of drug-likeness (QED) is 0.767. The van der Waals surface area contributed by atoms with Crippen molar-refractivity contribution in [3.8, 4) is 16.9 Å². The molecule has 6 heteroatoms. The van der Waals surface area contributed by atoms with Crippen molar-refractivity contribution in [1.82, 2.24) is 14.6 Å². The van der Waals surface area contributed by atoms with E-state index in [-0.39, 0.29) is 5.69 Å². The van der Waals surface area contributed by atoms with Gasteiger partial charge in [-0.3, -0.25) is 0 Å². The number of hydrogen-bond acceptors (Lipinski definition) is 4. The fraction of sp³-hybridized carbons (Fsp3) is 0.316. The zero-order valence-electron chi connectivity index (χ0n) is 14.8. The van der Waals surface area contributed by atoms with E-state index in [1.807, 2.05) is 39.0 Å². The van der Waals surface area contributed by atoms with Gasteiger partial charge in [0.25, 0.3) is 0 Å². The molecule has 0 radical (unpaired) electrons. The van der Waals surface area contributed by atoms with Crippen LogP contribution in [-0.2, 0) is 6.42 Å². The van der Waals surface area contributed by atoms with Gasteiger partial charge in [0.2, 0.25) is 0 Å². The van der Waals surface area contributed by atoms with Crippen molar-refractivity contribution in [2.24, 2.45) is 0 Å². The molecule has 0 aliphatic rings. The molecule has 6 nitrogen and oxygen atoms in total. The molecule has 25 heavy (non-hydrogen) atoms. The summed E-state index contributed by atoms with van der Waals surface area (Å²) in [5.74, 6) is -0.320. The van der Waals surface area contributed by atoms with Gasteiger partial charge in [-0.1, -0.05) is 25.5 Å². The molecule has 0 aliphatic heterocycles. The van der Waals surface area contributed by atoms with Crippen LogP contribution in [0.5, 0.6) is 5.75 Å². The molecule has 0 saturated carbocycles. The number of methoxy groups -OCH3 is 1. The van der Waals surface area contributed by atoms with Gasteiger partial charge in [0, 0.05) is 11.3 Å². The molecule has 3 rings (SSSR count). The predicted molar refractivity (Wildman–Crippen MR) is 95.4 cm³/mol. The van der Waals surface area contributed by atoms with Crippen LogP contribution >= 0.6 is 0 Å². The van der Waals surface area contributed by atoms with E-state index in [9.17, 15) is 9.90 Å². The highest BCUT2D eigenvalue weighted by atomic mass is 16.5. The first kappa shape index (κ1) is 17.0. The first-order chi connectivity index (χ1) is 12.0. The van der Waals surface area contributed by atoms with Crippen molar-refractivity contribution in [1.29, 1.82) is 0 Å². The molecule has 3 aromatic rings. The van der Waals surface area contributed by atoms with E-state index in [1.165, 1.54) is 0 Å². The predicted octanol–water partition coefficient (Wildman–Crippen LogP) is 3.67. The van der Waals surface area contributed by atoms with E-state index in [0.29, 0.717) is 5.65 Å². The Morgan fingerprint density at radius 2 is 2.04 bits per heavy atom. The largest absolute Gasteiger partial charge is 0.496 e. The topological polar surface area (TPSA) is 76.7 Å². The molecular formula is C19H21N3O3. The second-order valence-corrected chi connectivity index (χ2v) is 6.04. The Morgan fingerprint density at radius 3 is 2.68 bits per heavy atom. The van der Waals surface area contributed by atoms with E-state index in [1.54, 1.807) is 17.7 Å². The summed E-state index contributed by atoms with van der Waals surface area (Å²) in [6.07, 6.45) is 1.62. The Morgan fingerprint density at radius 1 is 1.28 bits per heavy atom. The van der Waals surface area contributed by atoms with Crippen LogP contribution in [0.2, 0.25) is 0 Å². The summed E-state index contributed by atoms with van der Waals surface area (Å²) in [7, 11) is 1.62. The molecule has 1 N–H and O–H groups in total. The van der Waals surface area contributed by atoms with Crippen LogP contribution in [0.1, 0.15) is 40.8 Å². The van der Waals surface area contributed by atoms with E-state index < -0.39 is 5.97 Å². The molecule has 2 heterocycles. The number of aromatic carboxylic acids is 1. The number of aromatic nitrogens is 3. The zero-order chi connectivity index (χ0) is 18.1. The van der Waals surface area contributed by atoms with Gasteiger partial charge in [-0.05, 0) is 38.0 Å². The molecule has 0 aliphatic carbocycles. The number of fused-ring (bicyclic) bond motifs is 1. The lowest BCUT2D eigenvalue weighted by molar-refractivity contribution is 0.0690. The van der Waals surface area contributed by atoms with E-state index in [0.717, 1.165) is 46.7 Å². The lowest BCUT2D eigenvalue weighted by Crippen LogP contribution is -2.08. The van der Waals surface area contributed by atoms with Crippen molar-refractivity contribution >= 4 is 11.6 Å². The lowest BCUT2D eigenvalue weighted by Gasteiger charge is -2.11. The maximum Gasteiger partial charge on any atom is 0.354 e. The third-order valence-electron chi connectivity index (χ3n) is 4.27. The van der Waals surface area contributed by atoms with E-state index in [4.69, 9.17) is 4.74 Å². The van der Waals surface area contributed by atoms with Crippen LogP contribution in [0.15, 0.2) is 24.3 Å². The van der Waals surface area contributed by atoms with E-state index in [2.05, 4.69) is 10.1 Å². The van der Waals surface area contributed by atoms with Gasteiger partial charge in [0.05, 0.1) is 18.4 Å². The third-order valence-corrected chi connectivity index (χ3v) is 4.27. The highest BCUT2D eigenvalue weighted by Crippen LogP contribution is 2.37. The normalized spacial score (nSPS) is 11.0. The van der Waals surface area contributed by atoms with Crippen molar-refractivity contribution in [2.75, 3.05) is 7.11 Å². The molecule has 2 aromatic heterocycles. The molecule has 0 atom stereocenters. The minimum absolute atomic E-state index is 0.0321. The maximum absolute atomic E-state index is 11.5. The van der Waals surface area contributed by atoms with Crippen LogP contribution in [0, 0.1) is 13.8 Å². The summed E-state index contributed by atoms with van der Waals surface area (Å²) in [4.78, 5) is 15.9. The molecule has 0 spiro atoms. The van der Waals surface area contributed by atoms with Gasteiger partial charge >= 0.3 is 5.97 Å². The number of carboxylic acid groups (broad SMARTS) is 1. The fourth-order valence-electron chi connectivity index (χ4n) is 3.15. The minimum Gasteiger partial charge on any atom is -0.496 e. The average molecular weight is 339 g/mol. The second kappa shape index (κ2) is 6.55. The Kier molecular flexibility index (Phi) is 4.44. The monoisotopic (exact) mass is 339 g/mol. The van der Waals surface area contributed by atoms with Crippen molar-refractivity contribution in [3.05, 3.63) is 46.9 Å². The maximum atomic E-state index is 11.5. The van der Waals surface area contributed by atoms with Gasteiger partial charge in [-0.25, -0.2) is 14.3 Å². The summed E-state index contributed by atoms with van der Waals surface area (Å²) >= 11 is 0. The SMILES string of the molecule is CCCc1cc(C(=O)O)nc2c(-c3c(C)cccc3OC)c(C)nn12. The number of nitrogens with zero attached hydrogens (tertiary/aromatic N) is 3. The van der Waals surface area contributed by atoms with Crippen LogP contribution in [-0.4, -0.2) is 32.8 Å². The number of benzene rings is 1. The minimum atomic E-state index is -1.04. The highest BCUT2D eigenvalue weighted by molar-refractivity contribution is 5.90. The van der Waals surface area contributed by atoms with Gasteiger partial charge in [0.15, 0.2) is 11.3 Å². The molecule has 0 amide bonds. The highest BCUT2D eigenvalue weighted by Gasteiger charge is 2.22. The summed E-state index contributed by atoms with van der Waals surface area (Å²) in [5.41, 5.74) is 4.95. The molecule has 0 bridgehead atoms. The first-order valence-corrected chi connectivity index (χ1v) is 8.24. The molecule has 0 saturated heterocycles. The van der Waals surface area contributed by atoms with Gasteiger partial charge in [-0.15, -0.1) is 0 Å². The summed E-state index contributed by atoms with van der Waals surface area (Å²) < 4.78 is 7.28. The smallest absolute Gasteiger partial charge is 0.354 e.